The monoisotopic (exact) mass is 469 g/mol. The molecule has 0 bridgehead atoms. The highest BCUT2D eigenvalue weighted by Gasteiger charge is 2.27. The molecular formula is C26H39N5O3. The molecule has 34 heavy (non-hydrogen) atoms. The van der Waals surface area contributed by atoms with E-state index >= 15 is 0 Å². The Labute approximate surface area is 203 Å². The SMILES string of the molecule is CCc1nnc(-c2ccc(N3CCN(CCC4CCN(C(=O)OC(C)(C)C)CC4)CC3)cc2)o1. The van der Waals surface area contributed by atoms with Gasteiger partial charge in [0.05, 0.1) is 0 Å². The Kier molecular flexibility index (Phi) is 7.76. The molecule has 0 aliphatic carbocycles. The Balaban J connectivity index is 1.17. The van der Waals surface area contributed by atoms with Crippen molar-refractivity contribution in [3.63, 3.8) is 0 Å². The molecular weight excluding hydrogens is 430 g/mol. The molecule has 0 spiro atoms. The number of piperidine rings is 1. The number of piperazine rings is 1. The Hall–Kier alpha value is -2.61. The maximum Gasteiger partial charge on any atom is 0.410 e. The first-order chi connectivity index (χ1) is 16.3. The van der Waals surface area contributed by atoms with Crippen LogP contribution in [0.15, 0.2) is 28.7 Å². The predicted octanol–water partition coefficient (Wildman–Crippen LogP) is 4.46. The van der Waals surface area contributed by atoms with E-state index in [2.05, 4.69) is 44.3 Å². The first kappa shape index (κ1) is 24.5. The molecule has 1 amide bonds. The van der Waals surface area contributed by atoms with Crippen LogP contribution in [0.5, 0.6) is 0 Å². The summed E-state index contributed by atoms with van der Waals surface area (Å²) in [4.78, 5) is 19.2. The van der Waals surface area contributed by atoms with Crippen LogP contribution in [0.4, 0.5) is 10.5 Å². The fraction of sp³-hybridized carbons (Fsp3) is 0.654. The molecule has 0 N–H and O–H groups in total. The van der Waals surface area contributed by atoms with E-state index in [-0.39, 0.29) is 6.09 Å². The smallest absolute Gasteiger partial charge is 0.410 e. The van der Waals surface area contributed by atoms with Crippen LogP contribution in [0.2, 0.25) is 0 Å². The van der Waals surface area contributed by atoms with Crippen molar-refractivity contribution >= 4 is 11.8 Å². The van der Waals surface area contributed by atoms with E-state index in [1.54, 1.807) is 0 Å². The van der Waals surface area contributed by atoms with Gasteiger partial charge in [-0.2, -0.15) is 0 Å². The first-order valence-corrected chi connectivity index (χ1v) is 12.7. The van der Waals surface area contributed by atoms with Gasteiger partial charge < -0.3 is 19.0 Å². The van der Waals surface area contributed by atoms with Crippen LogP contribution in [0.3, 0.4) is 0 Å². The number of carbonyl (C=O) groups excluding carboxylic acids is 1. The summed E-state index contributed by atoms with van der Waals surface area (Å²) in [5.74, 6) is 1.95. The van der Waals surface area contributed by atoms with Gasteiger partial charge in [-0.1, -0.05) is 6.92 Å². The van der Waals surface area contributed by atoms with E-state index in [0.717, 1.165) is 70.6 Å². The molecule has 1 aromatic heterocycles. The van der Waals surface area contributed by atoms with Gasteiger partial charge >= 0.3 is 6.09 Å². The van der Waals surface area contributed by atoms with Gasteiger partial charge in [0.15, 0.2) is 0 Å². The number of likely N-dealkylation sites (tertiary alicyclic amines) is 1. The minimum absolute atomic E-state index is 0.169. The third kappa shape index (κ3) is 6.50. The molecule has 2 fully saturated rings. The summed E-state index contributed by atoms with van der Waals surface area (Å²) in [6.45, 7) is 14.8. The van der Waals surface area contributed by atoms with Gasteiger partial charge in [-0.05, 0) is 76.8 Å². The van der Waals surface area contributed by atoms with Crippen LogP contribution >= 0.6 is 0 Å². The van der Waals surface area contributed by atoms with Crippen LogP contribution in [0.25, 0.3) is 11.5 Å². The number of carbonyl (C=O) groups is 1. The lowest BCUT2D eigenvalue weighted by molar-refractivity contribution is 0.0177. The molecule has 186 valence electrons. The number of nitrogens with zero attached hydrogens (tertiary/aromatic N) is 5. The molecule has 0 radical (unpaired) electrons. The number of rotatable bonds is 6. The minimum atomic E-state index is -0.426. The van der Waals surface area contributed by atoms with Gasteiger partial charge in [0, 0.05) is 56.9 Å². The van der Waals surface area contributed by atoms with Crippen molar-refractivity contribution in [2.24, 2.45) is 5.92 Å². The normalized spacial score (nSPS) is 18.4. The summed E-state index contributed by atoms with van der Waals surface area (Å²) in [5, 5.41) is 8.18. The molecule has 0 unspecified atom stereocenters. The van der Waals surface area contributed by atoms with E-state index in [1.165, 1.54) is 12.1 Å². The fourth-order valence-corrected chi connectivity index (χ4v) is 4.65. The zero-order valence-electron chi connectivity index (χ0n) is 21.1. The van der Waals surface area contributed by atoms with Gasteiger partial charge in [-0.25, -0.2) is 4.79 Å². The van der Waals surface area contributed by atoms with Crippen molar-refractivity contribution in [2.45, 2.75) is 59.0 Å². The van der Waals surface area contributed by atoms with Crippen LogP contribution < -0.4 is 4.90 Å². The van der Waals surface area contributed by atoms with E-state index in [9.17, 15) is 4.79 Å². The number of anilines is 1. The highest BCUT2D eigenvalue weighted by atomic mass is 16.6. The van der Waals surface area contributed by atoms with Crippen molar-refractivity contribution in [3.05, 3.63) is 30.2 Å². The summed E-state index contributed by atoms with van der Waals surface area (Å²) in [7, 11) is 0. The number of hydrogen-bond acceptors (Lipinski definition) is 7. The lowest BCUT2D eigenvalue weighted by Gasteiger charge is -2.38. The highest BCUT2D eigenvalue weighted by Crippen LogP contribution is 2.25. The molecule has 4 rings (SSSR count). The minimum Gasteiger partial charge on any atom is -0.444 e. The molecule has 2 saturated heterocycles. The summed E-state index contributed by atoms with van der Waals surface area (Å²) in [6.07, 6.45) is 3.94. The van der Waals surface area contributed by atoms with Gasteiger partial charge in [0.25, 0.3) is 0 Å². The van der Waals surface area contributed by atoms with Crippen molar-refractivity contribution in [1.29, 1.82) is 0 Å². The van der Waals surface area contributed by atoms with Crippen LogP contribution in [-0.4, -0.2) is 77.5 Å². The number of hydrogen-bond donors (Lipinski definition) is 0. The van der Waals surface area contributed by atoms with Crippen LogP contribution in [-0.2, 0) is 11.2 Å². The summed E-state index contributed by atoms with van der Waals surface area (Å²) >= 11 is 0. The average Bonchev–Trinajstić information content (AvgIpc) is 3.32. The Bertz CT molecular complexity index is 921. The van der Waals surface area contributed by atoms with Crippen LogP contribution in [0, 0.1) is 5.92 Å². The lowest BCUT2D eigenvalue weighted by atomic mass is 9.93. The molecule has 0 atom stereocenters. The number of amides is 1. The van der Waals surface area contributed by atoms with E-state index in [1.807, 2.05) is 32.6 Å². The number of benzene rings is 1. The maximum atomic E-state index is 12.3. The van der Waals surface area contributed by atoms with Crippen molar-refractivity contribution in [1.82, 2.24) is 20.0 Å². The molecule has 2 aromatic rings. The number of aromatic nitrogens is 2. The van der Waals surface area contributed by atoms with Gasteiger partial charge in [0.1, 0.15) is 5.60 Å². The van der Waals surface area contributed by atoms with Crippen molar-refractivity contribution < 1.29 is 13.9 Å². The van der Waals surface area contributed by atoms with E-state index < -0.39 is 5.60 Å². The van der Waals surface area contributed by atoms with E-state index in [4.69, 9.17) is 9.15 Å². The molecule has 2 aliphatic heterocycles. The van der Waals surface area contributed by atoms with Gasteiger partial charge in [-0.15, -0.1) is 10.2 Å². The second-order valence-corrected chi connectivity index (χ2v) is 10.4. The zero-order valence-corrected chi connectivity index (χ0v) is 21.1. The summed E-state index contributed by atoms with van der Waals surface area (Å²) in [5.41, 5.74) is 1.78. The fourth-order valence-electron chi connectivity index (χ4n) is 4.65. The lowest BCUT2D eigenvalue weighted by Crippen LogP contribution is -2.47. The maximum absolute atomic E-state index is 12.3. The zero-order chi connectivity index (χ0) is 24.1. The molecule has 0 saturated carbocycles. The third-order valence-electron chi connectivity index (χ3n) is 6.74. The van der Waals surface area contributed by atoms with Crippen molar-refractivity contribution in [3.8, 4) is 11.5 Å². The Morgan fingerprint density at radius 2 is 1.71 bits per heavy atom. The third-order valence-corrected chi connectivity index (χ3v) is 6.74. The molecule has 2 aliphatic rings. The first-order valence-electron chi connectivity index (χ1n) is 12.7. The summed E-state index contributed by atoms with van der Waals surface area (Å²) in [6, 6.07) is 8.44. The second-order valence-electron chi connectivity index (χ2n) is 10.4. The summed E-state index contributed by atoms with van der Waals surface area (Å²) < 4.78 is 11.2. The molecule has 1 aromatic carbocycles. The van der Waals surface area contributed by atoms with Gasteiger partial charge in [0.2, 0.25) is 11.8 Å². The quantitative estimate of drug-likeness (QED) is 0.618. The standard InChI is InChI=1S/C26H39N5O3/c1-5-23-27-28-24(33-23)21-6-8-22(9-7-21)30-18-16-29(17-19-30)13-10-20-11-14-31(15-12-20)25(32)34-26(2,3)4/h6-9,20H,5,10-19H2,1-4H3. The molecule has 3 heterocycles. The highest BCUT2D eigenvalue weighted by molar-refractivity contribution is 5.68. The van der Waals surface area contributed by atoms with Crippen LogP contribution in [0.1, 0.15) is 52.8 Å². The topological polar surface area (TPSA) is 74.9 Å². The number of aryl methyl sites for hydroxylation is 1. The Morgan fingerprint density at radius 3 is 2.29 bits per heavy atom. The van der Waals surface area contributed by atoms with E-state index in [0.29, 0.717) is 17.7 Å². The Morgan fingerprint density at radius 1 is 1.03 bits per heavy atom. The predicted molar refractivity (Wildman–Crippen MR) is 133 cm³/mol. The van der Waals surface area contributed by atoms with Gasteiger partial charge in [-0.3, -0.25) is 4.90 Å². The van der Waals surface area contributed by atoms with Crippen molar-refractivity contribution in [2.75, 3.05) is 50.7 Å². The molecule has 8 nitrogen and oxygen atoms in total. The molecule has 8 heteroatoms. The number of ether oxygens (including phenoxy) is 1. The largest absolute Gasteiger partial charge is 0.444 e. The average molecular weight is 470 g/mol. The second kappa shape index (κ2) is 10.8.